The Bertz CT molecular complexity index is 958. The third-order valence-corrected chi connectivity index (χ3v) is 4.94. The first-order chi connectivity index (χ1) is 13.2. The van der Waals surface area contributed by atoms with E-state index in [0.717, 1.165) is 39.7 Å². The van der Waals surface area contributed by atoms with Crippen molar-refractivity contribution in [2.45, 2.75) is 13.1 Å². The van der Waals surface area contributed by atoms with Crippen molar-refractivity contribution >= 4 is 33.3 Å². The van der Waals surface area contributed by atoms with Crippen LogP contribution in [0.15, 0.2) is 76.5 Å². The smallest absolute Gasteiger partial charge is 0.203 e. The van der Waals surface area contributed by atoms with E-state index in [2.05, 4.69) is 43.3 Å². The number of rotatable bonds is 4. The molecular formula is C21H19BrN4O. The molecule has 0 bridgehead atoms. The van der Waals surface area contributed by atoms with Crippen LogP contribution in [0.1, 0.15) is 11.1 Å². The van der Waals surface area contributed by atoms with Gasteiger partial charge in [-0.05, 0) is 53.6 Å². The molecule has 136 valence electrons. The maximum Gasteiger partial charge on any atom is 0.203 e. The number of nitrogens with one attached hydrogen (secondary N) is 1. The molecular weight excluding hydrogens is 404 g/mol. The van der Waals surface area contributed by atoms with E-state index in [1.54, 1.807) is 19.5 Å². The molecule has 1 aromatic heterocycles. The summed E-state index contributed by atoms with van der Waals surface area (Å²) in [6.07, 6.45) is 3.60. The number of aromatic nitrogens is 1. The van der Waals surface area contributed by atoms with Gasteiger partial charge in [-0.15, -0.1) is 0 Å². The van der Waals surface area contributed by atoms with Crippen molar-refractivity contribution in [2.24, 2.45) is 4.99 Å². The van der Waals surface area contributed by atoms with E-state index in [4.69, 9.17) is 9.73 Å². The van der Waals surface area contributed by atoms with Crippen molar-refractivity contribution in [3.63, 3.8) is 0 Å². The van der Waals surface area contributed by atoms with Crippen molar-refractivity contribution in [3.05, 3.63) is 82.6 Å². The van der Waals surface area contributed by atoms with Crippen molar-refractivity contribution in [1.29, 1.82) is 0 Å². The fraction of sp³-hybridized carbons (Fsp3) is 0.143. The molecule has 5 nitrogen and oxygen atoms in total. The number of pyridine rings is 1. The van der Waals surface area contributed by atoms with Gasteiger partial charge in [0.1, 0.15) is 5.75 Å². The molecule has 2 aromatic carbocycles. The summed E-state index contributed by atoms with van der Waals surface area (Å²) in [5, 5.41) is 3.48. The number of halogens is 1. The first-order valence-electron chi connectivity index (χ1n) is 8.63. The largest absolute Gasteiger partial charge is 0.497 e. The summed E-state index contributed by atoms with van der Waals surface area (Å²) < 4.78 is 6.29. The van der Waals surface area contributed by atoms with E-state index in [9.17, 15) is 0 Å². The quantitative estimate of drug-likeness (QED) is 0.653. The Hall–Kier alpha value is -2.86. The highest BCUT2D eigenvalue weighted by molar-refractivity contribution is 9.10. The van der Waals surface area contributed by atoms with Crippen LogP contribution in [-0.2, 0) is 13.1 Å². The van der Waals surface area contributed by atoms with Crippen LogP contribution in [0.4, 0.5) is 11.4 Å². The maximum atomic E-state index is 5.22. The molecule has 1 aliphatic rings. The molecule has 1 aliphatic heterocycles. The summed E-state index contributed by atoms with van der Waals surface area (Å²) in [7, 11) is 1.67. The topological polar surface area (TPSA) is 49.8 Å². The lowest BCUT2D eigenvalue weighted by Gasteiger charge is -2.32. The van der Waals surface area contributed by atoms with Gasteiger partial charge in [-0.3, -0.25) is 4.98 Å². The van der Waals surface area contributed by atoms with E-state index >= 15 is 0 Å². The van der Waals surface area contributed by atoms with E-state index in [1.807, 2.05) is 42.5 Å². The Kier molecular flexibility index (Phi) is 5.07. The summed E-state index contributed by atoms with van der Waals surface area (Å²) >= 11 is 3.56. The zero-order valence-electron chi connectivity index (χ0n) is 14.9. The van der Waals surface area contributed by atoms with Gasteiger partial charge in [0.05, 0.1) is 20.2 Å². The number of aliphatic imine (C=N–C) groups is 1. The van der Waals surface area contributed by atoms with Gasteiger partial charge in [-0.2, -0.15) is 0 Å². The average Bonchev–Trinajstić information content (AvgIpc) is 2.72. The minimum absolute atomic E-state index is 0.583. The van der Waals surface area contributed by atoms with Crippen molar-refractivity contribution < 1.29 is 4.74 Å². The fourth-order valence-corrected chi connectivity index (χ4v) is 3.42. The lowest BCUT2D eigenvalue weighted by molar-refractivity contribution is 0.414. The number of methoxy groups -OCH3 is 1. The molecule has 0 radical (unpaired) electrons. The normalized spacial score (nSPS) is 14.6. The van der Waals surface area contributed by atoms with Crippen LogP contribution in [0.3, 0.4) is 0 Å². The summed E-state index contributed by atoms with van der Waals surface area (Å²) in [4.78, 5) is 11.1. The second-order valence-electron chi connectivity index (χ2n) is 6.21. The summed E-state index contributed by atoms with van der Waals surface area (Å²) in [5.74, 6) is 1.67. The highest BCUT2D eigenvalue weighted by atomic mass is 79.9. The predicted octanol–water partition coefficient (Wildman–Crippen LogP) is 4.84. The SMILES string of the molecule is COc1ccc(CN=C2Nc3ccc(Br)cc3CN2c2ccncc2)cc1. The van der Waals surface area contributed by atoms with E-state index < -0.39 is 0 Å². The fourth-order valence-electron chi connectivity index (χ4n) is 3.01. The minimum atomic E-state index is 0.583. The number of nitrogens with zero attached hydrogens (tertiary/aromatic N) is 3. The van der Waals surface area contributed by atoms with E-state index in [-0.39, 0.29) is 0 Å². The molecule has 2 heterocycles. The second-order valence-corrected chi connectivity index (χ2v) is 7.12. The molecule has 0 amide bonds. The van der Waals surface area contributed by atoms with E-state index in [1.165, 1.54) is 5.56 Å². The zero-order chi connectivity index (χ0) is 18.6. The third-order valence-electron chi connectivity index (χ3n) is 4.44. The predicted molar refractivity (Wildman–Crippen MR) is 112 cm³/mol. The van der Waals surface area contributed by atoms with E-state index in [0.29, 0.717) is 6.54 Å². The number of hydrogen-bond donors (Lipinski definition) is 1. The van der Waals surface area contributed by atoms with Gasteiger partial charge in [-0.1, -0.05) is 28.1 Å². The third kappa shape index (κ3) is 3.95. The Morgan fingerprint density at radius 1 is 1.11 bits per heavy atom. The molecule has 3 aromatic rings. The van der Waals surface area contributed by atoms with Gasteiger partial charge in [0, 0.05) is 28.2 Å². The number of ether oxygens (including phenoxy) is 1. The van der Waals surface area contributed by atoms with Gasteiger partial charge in [0.15, 0.2) is 0 Å². The lowest BCUT2D eigenvalue weighted by Crippen LogP contribution is -2.40. The lowest BCUT2D eigenvalue weighted by atomic mass is 10.1. The molecule has 0 unspecified atom stereocenters. The average molecular weight is 423 g/mol. The van der Waals surface area contributed by atoms with Crippen molar-refractivity contribution in [3.8, 4) is 5.75 Å². The summed E-state index contributed by atoms with van der Waals surface area (Å²) in [6.45, 7) is 1.33. The summed E-state index contributed by atoms with van der Waals surface area (Å²) in [6, 6.07) is 18.2. The number of hydrogen-bond acceptors (Lipinski definition) is 3. The van der Waals surface area contributed by atoms with Crippen LogP contribution in [-0.4, -0.2) is 18.1 Å². The molecule has 0 aliphatic carbocycles. The van der Waals surface area contributed by atoms with Crippen LogP contribution >= 0.6 is 15.9 Å². The van der Waals surface area contributed by atoms with Crippen molar-refractivity contribution in [1.82, 2.24) is 4.98 Å². The van der Waals surface area contributed by atoms with Crippen LogP contribution < -0.4 is 15.0 Å². The standard InChI is InChI=1S/C21H19BrN4O/c1-27-19-5-2-15(3-6-19)13-24-21-25-20-7-4-17(22)12-16(20)14-26(21)18-8-10-23-11-9-18/h2-12H,13-14H2,1H3,(H,24,25). The molecule has 0 saturated carbocycles. The Morgan fingerprint density at radius 3 is 2.63 bits per heavy atom. The van der Waals surface area contributed by atoms with Crippen LogP contribution in [0.25, 0.3) is 0 Å². The van der Waals surface area contributed by atoms with Gasteiger partial charge >= 0.3 is 0 Å². The molecule has 0 atom stereocenters. The monoisotopic (exact) mass is 422 g/mol. The van der Waals surface area contributed by atoms with Gasteiger partial charge in [0.25, 0.3) is 0 Å². The summed E-state index contributed by atoms with van der Waals surface area (Å²) in [5.41, 5.74) is 4.47. The first kappa shape index (κ1) is 17.5. The Labute approximate surface area is 166 Å². The molecule has 27 heavy (non-hydrogen) atoms. The van der Waals surface area contributed by atoms with Gasteiger partial charge in [0.2, 0.25) is 5.96 Å². The van der Waals surface area contributed by atoms with Crippen LogP contribution in [0, 0.1) is 0 Å². The molecule has 1 N–H and O–H groups in total. The van der Waals surface area contributed by atoms with Crippen LogP contribution in [0.2, 0.25) is 0 Å². The minimum Gasteiger partial charge on any atom is -0.497 e. The number of fused-ring (bicyclic) bond motifs is 1. The van der Waals surface area contributed by atoms with Gasteiger partial charge in [-0.25, -0.2) is 4.99 Å². The highest BCUT2D eigenvalue weighted by Gasteiger charge is 2.22. The second kappa shape index (κ2) is 7.80. The number of guanidine groups is 1. The maximum absolute atomic E-state index is 5.22. The van der Waals surface area contributed by atoms with Gasteiger partial charge < -0.3 is 15.0 Å². The zero-order valence-corrected chi connectivity index (χ0v) is 16.5. The molecule has 4 rings (SSSR count). The Morgan fingerprint density at radius 2 is 1.89 bits per heavy atom. The number of benzene rings is 2. The van der Waals surface area contributed by atoms with Crippen molar-refractivity contribution in [2.75, 3.05) is 17.3 Å². The first-order valence-corrected chi connectivity index (χ1v) is 9.42. The molecule has 0 spiro atoms. The molecule has 6 heteroatoms. The number of anilines is 2. The van der Waals surface area contributed by atoms with Crippen LogP contribution in [0.5, 0.6) is 5.75 Å². The Balaban J connectivity index is 1.65. The molecule has 0 saturated heterocycles. The highest BCUT2D eigenvalue weighted by Crippen LogP contribution is 2.29. The molecule has 0 fully saturated rings.